The van der Waals surface area contributed by atoms with E-state index < -0.39 is 0 Å². The number of para-hydroxylation sites is 2. The van der Waals surface area contributed by atoms with Gasteiger partial charge in [-0.25, -0.2) is 0 Å². The molecule has 1 fully saturated rings. The summed E-state index contributed by atoms with van der Waals surface area (Å²) in [6.45, 7) is 0. The Labute approximate surface area is 268 Å². The lowest BCUT2D eigenvalue weighted by Gasteiger charge is -2.34. The smallest absolute Gasteiger partial charge is 0.105 e. The van der Waals surface area contributed by atoms with Crippen LogP contribution in [0.15, 0.2) is 145 Å². The van der Waals surface area contributed by atoms with Crippen LogP contribution in [-0.2, 0) is 0 Å². The molecule has 9 rings (SSSR count). The van der Waals surface area contributed by atoms with Crippen LogP contribution in [0.4, 0.5) is 0 Å². The molecule has 4 aromatic carbocycles. The van der Waals surface area contributed by atoms with Gasteiger partial charge in [-0.3, -0.25) is 0 Å². The Morgan fingerprint density at radius 3 is 2.43 bits per heavy atom. The van der Waals surface area contributed by atoms with E-state index in [1.165, 1.54) is 28.0 Å². The van der Waals surface area contributed by atoms with Gasteiger partial charge in [-0.1, -0.05) is 85.0 Å². The summed E-state index contributed by atoms with van der Waals surface area (Å²) in [6.07, 6.45) is 17.5. The molecule has 0 saturated carbocycles. The van der Waals surface area contributed by atoms with Crippen molar-refractivity contribution in [3.8, 4) is 29.0 Å². The third-order valence-electron chi connectivity index (χ3n) is 10.3. The molecule has 1 saturated heterocycles. The van der Waals surface area contributed by atoms with Crippen LogP contribution in [0.3, 0.4) is 0 Å². The molecule has 0 radical (unpaired) electrons. The number of rotatable bonds is 4. The van der Waals surface area contributed by atoms with Crippen molar-refractivity contribution >= 4 is 27.4 Å². The number of aromatic nitrogens is 1. The number of allylic oxidation sites excluding steroid dienone is 7. The highest BCUT2D eigenvalue weighted by Crippen LogP contribution is 2.51. The summed E-state index contributed by atoms with van der Waals surface area (Å²) in [7, 11) is 0. The van der Waals surface area contributed by atoms with Crippen LogP contribution < -0.4 is 0 Å². The zero-order valence-electron chi connectivity index (χ0n) is 25.2. The predicted octanol–water partition coefficient (Wildman–Crippen LogP) is 9.46. The van der Waals surface area contributed by atoms with E-state index in [9.17, 15) is 10.5 Å². The first-order valence-corrected chi connectivity index (χ1v) is 16.0. The van der Waals surface area contributed by atoms with Crippen molar-refractivity contribution in [2.75, 3.05) is 0 Å². The van der Waals surface area contributed by atoms with Gasteiger partial charge in [-0.2, -0.15) is 10.5 Å². The van der Waals surface area contributed by atoms with Crippen LogP contribution in [0.1, 0.15) is 24.0 Å². The molecule has 46 heavy (non-hydrogen) atoms. The molecular formula is C42H30N4. The Morgan fingerprint density at radius 1 is 0.739 bits per heavy atom. The monoisotopic (exact) mass is 590 g/mol. The third kappa shape index (κ3) is 3.91. The summed E-state index contributed by atoms with van der Waals surface area (Å²) in [5.74, 6) is 0.540. The van der Waals surface area contributed by atoms with Crippen LogP contribution in [0.2, 0.25) is 0 Å². The normalized spacial score (nSPS) is 22.7. The van der Waals surface area contributed by atoms with Gasteiger partial charge in [0.25, 0.3) is 0 Å². The van der Waals surface area contributed by atoms with Crippen molar-refractivity contribution in [1.82, 2.24) is 9.47 Å². The minimum Gasteiger partial charge on any atom is -0.343 e. The second-order valence-corrected chi connectivity index (χ2v) is 12.6. The molecule has 4 nitrogen and oxygen atoms in total. The molecule has 1 aromatic heterocycles. The lowest BCUT2D eigenvalue weighted by molar-refractivity contribution is 0.293. The number of hydrogen-bond donors (Lipinski definition) is 0. The van der Waals surface area contributed by atoms with Gasteiger partial charge in [0.1, 0.15) is 5.92 Å². The van der Waals surface area contributed by atoms with E-state index in [4.69, 9.17) is 0 Å². The lowest BCUT2D eigenvalue weighted by atomic mass is 9.79. The molecule has 5 aromatic rings. The van der Waals surface area contributed by atoms with Gasteiger partial charge < -0.3 is 9.47 Å². The summed E-state index contributed by atoms with van der Waals surface area (Å²) in [6, 6.07) is 37.2. The highest BCUT2D eigenvalue weighted by molar-refractivity contribution is 6.14. The van der Waals surface area contributed by atoms with E-state index in [-0.39, 0.29) is 5.92 Å². The van der Waals surface area contributed by atoms with E-state index in [2.05, 4.69) is 125 Å². The molecule has 4 atom stereocenters. The van der Waals surface area contributed by atoms with Gasteiger partial charge in [-0.15, -0.1) is 0 Å². The number of nitrogens with zero attached hydrogens (tertiary/aromatic N) is 4. The standard InChI is InChI=1S/C42H30N4/c43-25-27-18-20-40-36(22-27)35-15-6-13-33(42(35)45(40)32-11-2-1-3-12-32)30-9-4-8-28(23-30)29-19-21-41-37(24-29)34-14-7-17-39(34)46(41)38-16-5-10-31(38)26-44/h1-18,20,22-24,31,34,37,41H,19,21H2. The maximum atomic E-state index is 9.83. The number of likely N-dealkylation sites (tertiary alicyclic amines) is 1. The van der Waals surface area contributed by atoms with Crippen molar-refractivity contribution in [3.63, 3.8) is 0 Å². The second kappa shape index (κ2) is 10.4. The third-order valence-corrected chi connectivity index (χ3v) is 10.3. The number of fused-ring (bicyclic) bond motifs is 6. The Bertz CT molecular complexity index is 2310. The molecule has 4 heteroatoms. The molecule has 0 spiro atoms. The molecule has 4 unspecified atom stereocenters. The highest BCUT2D eigenvalue weighted by atomic mass is 15.2. The Kier molecular flexibility index (Phi) is 5.99. The Balaban J connectivity index is 1.15. The zero-order valence-corrected chi connectivity index (χ0v) is 25.2. The fraction of sp³-hybridized carbons (Fsp3) is 0.143. The second-order valence-electron chi connectivity index (χ2n) is 12.6. The van der Waals surface area contributed by atoms with Crippen LogP contribution in [0.5, 0.6) is 0 Å². The predicted molar refractivity (Wildman–Crippen MR) is 184 cm³/mol. The first-order valence-electron chi connectivity index (χ1n) is 16.0. The van der Waals surface area contributed by atoms with Gasteiger partial charge in [0.05, 0.1) is 28.7 Å². The molecule has 0 amide bonds. The average Bonchev–Trinajstić information content (AvgIpc) is 3.90. The fourth-order valence-corrected chi connectivity index (χ4v) is 8.30. The van der Waals surface area contributed by atoms with E-state index >= 15 is 0 Å². The maximum absolute atomic E-state index is 9.83. The summed E-state index contributed by atoms with van der Waals surface area (Å²) in [4.78, 5) is 2.48. The van der Waals surface area contributed by atoms with Gasteiger partial charge >= 0.3 is 0 Å². The van der Waals surface area contributed by atoms with Gasteiger partial charge in [0.2, 0.25) is 0 Å². The van der Waals surface area contributed by atoms with Gasteiger partial charge in [0.15, 0.2) is 0 Å². The first kappa shape index (κ1) is 26.6. The number of nitriles is 2. The highest BCUT2D eigenvalue weighted by Gasteiger charge is 2.47. The Morgan fingerprint density at radius 2 is 1.57 bits per heavy atom. The minimum atomic E-state index is -0.177. The van der Waals surface area contributed by atoms with E-state index in [1.54, 1.807) is 0 Å². The van der Waals surface area contributed by atoms with Crippen LogP contribution in [0, 0.1) is 40.4 Å². The quantitative estimate of drug-likeness (QED) is 0.209. The number of hydrogen-bond acceptors (Lipinski definition) is 3. The maximum Gasteiger partial charge on any atom is 0.105 e. The molecule has 2 heterocycles. The van der Waals surface area contributed by atoms with Crippen LogP contribution >= 0.6 is 0 Å². The molecule has 4 aliphatic rings. The van der Waals surface area contributed by atoms with E-state index in [0.717, 1.165) is 46.0 Å². The summed E-state index contributed by atoms with van der Waals surface area (Å²) >= 11 is 0. The molecule has 0 N–H and O–H groups in total. The SMILES string of the molecule is N#Cc1ccc2c(c1)c1cccc(-c3cccc(C4=CC5C6C=CC=C6N(C6=CC=CC6C#N)C5CC4)c3)c1n2-c1ccccc1. The van der Waals surface area contributed by atoms with Crippen molar-refractivity contribution in [3.05, 3.63) is 156 Å². The summed E-state index contributed by atoms with van der Waals surface area (Å²) in [5, 5.41) is 21.7. The number of benzene rings is 4. The molecule has 3 aliphatic carbocycles. The van der Waals surface area contributed by atoms with Crippen molar-refractivity contribution in [2.24, 2.45) is 17.8 Å². The molecule has 1 aliphatic heterocycles. The van der Waals surface area contributed by atoms with Crippen LogP contribution in [-0.4, -0.2) is 15.5 Å². The molecule has 218 valence electrons. The lowest BCUT2D eigenvalue weighted by Crippen LogP contribution is -2.34. The van der Waals surface area contributed by atoms with Crippen LogP contribution in [0.25, 0.3) is 44.2 Å². The average molecular weight is 591 g/mol. The molecular weight excluding hydrogens is 560 g/mol. The summed E-state index contributed by atoms with van der Waals surface area (Å²) < 4.78 is 2.34. The zero-order chi connectivity index (χ0) is 30.8. The summed E-state index contributed by atoms with van der Waals surface area (Å²) in [5.41, 5.74) is 11.5. The topological polar surface area (TPSA) is 55.8 Å². The first-order chi connectivity index (χ1) is 22.7. The fourth-order valence-electron chi connectivity index (χ4n) is 8.30. The minimum absolute atomic E-state index is 0.177. The van der Waals surface area contributed by atoms with Gasteiger partial charge in [-0.05, 0) is 78.1 Å². The van der Waals surface area contributed by atoms with Crippen molar-refractivity contribution in [1.29, 1.82) is 10.5 Å². The van der Waals surface area contributed by atoms with Crippen molar-refractivity contribution in [2.45, 2.75) is 18.9 Å². The van der Waals surface area contributed by atoms with E-state index in [0.29, 0.717) is 23.4 Å². The Hall–Kier alpha value is -5.84. The van der Waals surface area contributed by atoms with E-state index in [1.807, 2.05) is 30.4 Å². The van der Waals surface area contributed by atoms with Gasteiger partial charge in [0, 0.05) is 51.3 Å². The van der Waals surface area contributed by atoms with Crippen molar-refractivity contribution < 1.29 is 0 Å². The molecule has 0 bridgehead atoms. The largest absolute Gasteiger partial charge is 0.343 e.